The highest BCUT2D eigenvalue weighted by Crippen LogP contribution is 2.16. The van der Waals surface area contributed by atoms with Crippen molar-refractivity contribution in [1.82, 2.24) is 4.72 Å². The zero-order valence-electron chi connectivity index (χ0n) is 10.8. The molecule has 1 aromatic carbocycles. The maximum absolute atomic E-state index is 12.0. The number of sulfone groups is 1. The molecule has 0 aliphatic rings. The minimum absolute atomic E-state index is 0.157. The Kier molecular flexibility index (Phi) is 3.88. The fourth-order valence-electron chi connectivity index (χ4n) is 1.51. The number of furan rings is 1. The van der Waals surface area contributed by atoms with Crippen LogP contribution in [0.1, 0.15) is 10.6 Å². The van der Waals surface area contributed by atoms with Crippen molar-refractivity contribution >= 4 is 25.8 Å². The van der Waals surface area contributed by atoms with Crippen LogP contribution >= 0.6 is 0 Å². The van der Waals surface area contributed by atoms with E-state index in [1.165, 1.54) is 36.6 Å². The van der Waals surface area contributed by atoms with Gasteiger partial charge < -0.3 is 4.42 Å². The molecule has 1 aromatic heterocycles. The lowest BCUT2D eigenvalue weighted by molar-refractivity contribution is 0.0954. The molecule has 0 bridgehead atoms. The first-order valence-corrected chi connectivity index (χ1v) is 8.98. The molecule has 7 nitrogen and oxygen atoms in total. The third-order valence-electron chi connectivity index (χ3n) is 2.52. The maximum atomic E-state index is 12.0. The summed E-state index contributed by atoms with van der Waals surface area (Å²) in [4.78, 5) is 11.2. The molecule has 21 heavy (non-hydrogen) atoms. The van der Waals surface area contributed by atoms with E-state index in [0.29, 0.717) is 0 Å². The van der Waals surface area contributed by atoms with Crippen LogP contribution in [0.25, 0.3) is 0 Å². The number of rotatable bonds is 4. The quantitative estimate of drug-likeness (QED) is 0.888. The van der Waals surface area contributed by atoms with E-state index < -0.39 is 25.8 Å². The number of amides is 1. The van der Waals surface area contributed by atoms with Gasteiger partial charge in [0.2, 0.25) is 0 Å². The minimum Gasteiger partial charge on any atom is -0.459 e. The molecular formula is C12H11NO6S2. The Bertz CT molecular complexity index is 866. The van der Waals surface area contributed by atoms with E-state index in [4.69, 9.17) is 4.42 Å². The molecule has 0 aliphatic carbocycles. The van der Waals surface area contributed by atoms with Gasteiger partial charge in [-0.2, -0.15) is 0 Å². The third kappa shape index (κ3) is 3.50. The summed E-state index contributed by atoms with van der Waals surface area (Å²) in [5.74, 6) is -1.11. The highest BCUT2D eigenvalue weighted by molar-refractivity contribution is 7.91. The van der Waals surface area contributed by atoms with Gasteiger partial charge in [0.1, 0.15) is 0 Å². The number of carbonyl (C=O) groups is 1. The summed E-state index contributed by atoms with van der Waals surface area (Å²) in [7, 11) is -7.75. The highest BCUT2D eigenvalue weighted by atomic mass is 32.2. The number of nitrogens with one attached hydrogen (secondary N) is 1. The SMILES string of the molecule is CS(=O)(=O)c1cccc(S(=O)(=O)NC(=O)c2ccco2)c1. The summed E-state index contributed by atoms with van der Waals surface area (Å²) in [6.45, 7) is 0. The van der Waals surface area contributed by atoms with Crippen molar-refractivity contribution < 1.29 is 26.0 Å². The fourth-order valence-corrected chi connectivity index (χ4v) is 3.25. The maximum Gasteiger partial charge on any atom is 0.300 e. The zero-order valence-corrected chi connectivity index (χ0v) is 12.4. The first-order valence-electron chi connectivity index (χ1n) is 5.61. The van der Waals surface area contributed by atoms with Gasteiger partial charge in [-0.15, -0.1) is 0 Å². The molecule has 0 saturated carbocycles. The van der Waals surface area contributed by atoms with Gasteiger partial charge in [-0.1, -0.05) is 6.07 Å². The van der Waals surface area contributed by atoms with Gasteiger partial charge in [-0.05, 0) is 30.3 Å². The highest BCUT2D eigenvalue weighted by Gasteiger charge is 2.21. The zero-order chi connectivity index (χ0) is 15.7. The van der Waals surface area contributed by atoms with Crippen molar-refractivity contribution in [3.05, 3.63) is 48.4 Å². The third-order valence-corrected chi connectivity index (χ3v) is 4.95. The van der Waals surface area contributed by atoms with Crippen molar-refractivity contribution in [2.24, 2.45) is 0 Å². The molecule has 9 heteroatoms. The molecule has 1 heterocycles. The molecule has 2 rings (SSSR count). The van der Waals surface area contributed by atoms with Crippen LogP contribution in [-0.4, -0.2) is 29.0 Å². The van der Waals surface area contributed by atoms with Crippen molar-refractivity contribution in [3.8, 4) is 0 Å². The summed E-state index contributed by atoms with van der Waals surface area (Å²) in [5, 5.41) is 0. The van der Waals surface area contributed by atoms with Crippen LogP contribution in [0.3, 0.4) is 0 Å². The molecule has 2 aromatic rings. The predicted octanol–water partition coefficient (Wildman–Crippen LogP) is 0.802. The summed E-state index contributed by atoms with van der Waals surface area (Å²) >= 11 is 0. The standard InChI is InChI=1S/C12H11NO6S2/c1-20(15,16)9-4-2-5-10(8-9)21(17,18)13-12(14)11-6-3-7-19-11/h2-8H,1H3,(H,13,14). The van der Waals surface area contributed by atoms with E-state index in [9.17, 15) is 21.6 Å². The fraction of sp³-hybridized carbons (Fsp3) is 0.0833. The Morgan fingerprint density at radius 1 is 1.05 bits per heavy atom. The van der Waals surface area contributed by atoms with Crippen LogP contribution in [0.2, 0.25) is 0 Å². The van der Waals surface area contributed by atoms with Crippen molar-refractivity contribution in [2.45, 2.75) is 9.79 Å². The first-order chi connectivity index (χ1) is 9.70. The number of carbonyl (C=O) groups excluding carboxylic acids is 1. The second kappa shape index (κ2) is 5.34. The van der Waals surface area contributed by atoms with Crippen LogP contribution in [0, 0.1) is 0 Å². The number of benzene rings is 1. The molecule has 1 amide bonds. The van der Waals surface area contributed by atoms with Crippen molar-refractivity contribution in [2.75, 3.05) is 6.26 Å². The van der Waals surface area contributed by atoms with Crippen LogP contribution < -0.4 is 4.72 Å². The monoisotopic (exact) mass is 329 g/mol. The molecule has 112 valence electrons. The molecule has 0 aliphatic heterocycles. The van der Waals surface area contributed by atoms with Crippen LogP contribution in [0.5, 0.6) is 0 Å². The molecule has 0 unspecified atom stereocenters. The van der Waals surface area contributed by atoms with E-state index in [0.717, 1.165) is 12.3 Å². The number of sulfonamides is 1. The number of hydrogen-bond donors (Lipinski definition) is 1. The van der Waals surface area contributed by atoms with Gasteiger partial charge >= 0.3 is 5.91 Å². The van der Waals surface area contributed by atoms with Gasteiger partial charge in [-0.3, -0.25) is 4.79 Å². The smallest absolute Gasteiger partial charge is 0.300 e. The molecule has 1 N–H and O–H groups in total. The summed E-state index contributed by atoms with van der Waals surface area (Å²) in [6.07, 6.45) is 2.19. The summed E-state index contributed by atoms with van der Waals surface area (Å²) in [6, 6.07) is 7.45. The Hall–Kier alpha value is -2.13. The lowest BCUT2D eigenvalue weighted by atomic mass is 10.4. The Labute approximate surface area is 121 Å². The van der Waals surface area contributed by atoms with Gasteiger partial charge in [0.15, 0.2) is 15.6 Å². The molecular weight excluding hydrogens is 318 g/mol. The molecule has 0 spiro atoms. The number of hydrogen-bond acceptors (Lipinski definition) is 6. The van der Waals surface area contributed by atoms with Gasteiger partial charge in [0.05, 0.1) is 16.1 Å². The molecule has 0 saturated heterocycles. The topological polar surface area (TPSA) is 111 Å². The average Bonchev–Trinajstić information content (AvgIpc) is 2.91. The van der Waals surface area contributed by atoms with E-state index in [-0.39, 0.29) is 15.6 Å². The first kappa shape index (κ1) is 15.3. The second-order valence-electron chi connectivity index (χ2n) is 4.16. The summed E-state index contributed by atoms with van der Waals surface area (Å²) < 4.78 is 53.5. The van der Waals surface area contributed by atoms with Gasteiger partial charge in [0.25, 0.3) is 10.0 Å². The molecule has 0 atom stereocenters. The predicted molar refractivity (Wildman–Crippen MR) is 72.9 cm³/mol. The lowest BCUT2D eigenvalue weighted by Gasteiger charge is -2.06. The Morgan fingerprint density at radius 2 is 1.71 bits per heavy atom. The van der Waals surface area contributed by atoms with Crippen molar-refractivity contribution in [1.29, 1.82) is 0 Å². The average molecular weight is 329 g/mol. The van der Waals surface area contributed by atoms with E-state index in [1.807, 2.05) is 0 Å². The second-order valence-corrected chi connectivity index (χ2v) is 7.86. The van der Waals surface area contributed by atoms with E-state index in [1.54, 1.807) is 4.72 Å². The Balaban J connectivity index is 2.34. The van der Waals surface area contributed by atoms with Crippen LogP contribution in [0.15, 0.2) is 56.9 Å². The van der Waals surface area contributed by atoms with E-state index in [2.05, 4.69) is 0 Å². The Morgan fingerprint density at radius 3 is 2.29 bits per heavy atom. The van der Waals surface area contributed by atoms with Crippen LogP contribution in [0.4, 0.5) is 0 Å². The molecule has 0 radical (unpaired) electrons. The van der Waals surface area contributed by atoms with E-state index >= 15 is 0 Å². The normalized spacial score (nSPS) is 12.0. The lowest BCUT2D eigenvalue weighted by Crippen LogP contribution is -2.30. The largest absolute Gasteiger partial charge is 0.459 e. The molecule has 0 fully saturated rings. The summed E-state index contributed by atoms with van der Waals surface area (Å²) in [5.41, 5.74) is 0. The van der Waals surface area contributed by atoms with Gasteiger partial charge in [-0.25, -0.2) is 21.6 Å². The van der Waals surface area contributed by atoms with Gasteiger partial charge in [0, 0.05) is 6.26 Å². The minimum atomic E-state index is -4.19. The van der Waals surface area contributed by atoms with Crippen molar-refractivity contribution in [3.63, 3.8) is 0 Å². The van der Waals surface area contributed by atoms with Crippen LogP contribution in [-0.2, 0) is 19.9 Å².